The first-order valence-electron chi connectivity index (χ1n) is 6.41. The zero-order valence-electron chi connectivity index (χ0n) is 12.1. The van der Waals surface area contributed by atoms with Crippen molar-refractivity contribution in [1.82, 2.24) is 5.01 Å². The maximum atomic E-state index is 13.1. The molecule has 23 heavy (non-hydrogen) atoms. The molecule has 1 atom stereocenters. The Morgan fingerprint density at radius 2 is 2.04 bits per heavy atom. The van der Waals surface area contributed by atoms with Crippen molar-refractivity contribution in [3.63, 3.8) is 0 Å². The fourth-order valence-electron chi connectivity index (χ4n) is 2.32. The van der Waals surface area contributed by atoms with Crippen LogP contribution in [0.1, 0.15) is 29.3 Å². The summed E-state index contributed by atoms with van der Waals surface area (Å²) in [6, 6.07) is 3.45. The SMILES string of the molecule is CC1=NN(C(=O)c2cccc([N+](=O)[O-])c2C)[C@@](O)(C(F)(F)F)C1. The van der Waals surface area contributed by atoms with E-state index in [-0.39, 0.29) is 21.8 Å². The molecule has 0 aromatic heterocycles. The summed E-state index contributed by atoms with van der Waals surface area (Å²) in [5, 5.41) is 24.2. The van der Waals surface area contributed by atoms with Gasteiger partial charge in [0.2, 0.25) is 0 Å². The van der Waals surface area contributed by atoms with Crippen molar-refractivity contribution >= 4 is 17.3 Å². The van der Waals surface area contributed by atoms with Crippen LogP contribution in [0.4, 0.5) is 18.9 Å². The summed E-state index contributed by atoms with van der Waals surface area (Å²) in [6.45, 7) is 2.48. The van der Waals surface area contributed by atoms with Gasteiger partial charge in [-0.15, -0.1) is 0 Å². The Hall–Kier alpha value is -2.49. The molecule has 1 N–H and O–H groups in total. The molecule has 2 rings (SSSR count). The monoisotopic (exact) mass is 331 g/mol. The first-order chi connectivity index (χ1) is 10.5. The number of rotatable bonds is 2. The predicted molar refractivity (Wildman–Crippen MR) is 72.7 cm³/mol. The molecule has 0 bridgehead atoms. The van der Waals surface area contributed by atoms with Gasteiger partial charge < -0.3 is 5.11 Å². The molecule has 7 nitrogen and oxygen atoms in total. The van der Waals surface area contributed by atoms with E-state index in [1.54, 1.807) is 0 Å². The number of nitro groups is 1. The molecule has 1 aromatic rings. The predicted octanol–water partition coefficient (Wildman–Crippen LogP) is 2.38. The van der Waals surface area contributed by atoms with Crippen molar-refractivity contribution in [2.24, 2.45) is 5.10 Å². The topological polar surface area (TPSA) is 96.0 Å². The van der Waals surface area contributed by atoms with E-state index >= 15 is 0 Å². The van der Waals surface area contributed by atoms with Crippen molar-refractivity contribution < 1.29 is 28.0 Å². The molecular formula is C13H12F3N3O4. The van der Waals surface area contributed by atoms with Crippen molar-refractivity contribution in [3.8, 4) is 0 Å². The van der Waals surface area contributed by atoms with E-state index in [0.29, 0.717) is 0 Å². The normalized spacial score (nSPS) is 21.3. The van der Waals surface area contributed by atoms with Gasteiger partial charge in [-0.25, -0.2) is 0 Å². The summed E-state index contributed by atoms with van der Waals surface area (Å²) in [5.41, 5.74) is -4.40. The van der Waals surface area contributed by atoms with Gasteiger partial charge in [0.25, 0.3) is 17.3 Å². The summed E-state index contributed by atoms with van der Waals surface area (Å²) >= 11 is 0. The van der Waals surface area contributed by atoms with Crippen LogP contribution in [-0.4, -0.2) is 38.6 Å². The number of nitro benzene ring substituents is 1. The van der Waals surface area contributed by atoms with Gasteiger partial charge in [-0.3, -0.25) is 14.9 Å². The second-order valence-electron chi connectivity index (χ2n) is 5.15. The molecule has 1 aromatic carbocycles. The molecule has 10 heteroatoms. The van der Waals surface area contributed by atoms with E-state index in [9.17, 15) is 33.2 Å². The summed E-state index contributed by atoms with van der Waals surface area (Å²) in [7, 11) is 0. The molecule has 1 aliphatic heterocycles. The highest BCUT2D eigenvalue weighted by atomic mass is 19.4. The van der Waals surface area contributed by atoms with Crippen molar-refractivity contribution in [1.29, 1.82) is 0 Å². The standard InChI is InChI=1S/C13H12F3N3O4/c1-7-6-12(21,13(14,15)16)18(17-7)11(20)9-4-3-5-10(8(9)2)19(22)23/h3-5,21H,6H2,1-2H3/t12-/m0/s1. The van der Waals surface area contributed by atoms with E-state index in [0.717, 1.165) is 12.1 Å². The maximum absolute atomic E-state index is 13.1. The third-order valence-electron chi connectivity index (χ3n) is 3.50. The Balaban J connectivity index is 2.52. The van der Waals surface area contributed by atoms with E-state index in [2.05, 4.69) is 5.10 Å². The van der Waals surface area contributed by atoms with E-state index < -0.39 is 34.8 Å². The second-order valence-corrected chi connectivity index (χ2v) is 5.15. The van der Waals surface area contributed by atoms with Crippen LogP contribution in [0.3, 0.4) is 0 Å². The molecule has 0 fully saturated rings. The smallest absolute Gasteiger partial charge is 0.362 e. The van der Waals surface area contributed by atoms with Crippen LogP contribution in [0, 0.1) is 17.0 Å². The number of carbonyl (C=O) groups excluding carboxylic acids is 1. The van der Waals surface area contributed by atoms with Gasteiger partial charge in [-0.1, -0.05) is 6.07 Å². The molecule has 0 radical (unpaired) electrons. The highest BCUT2D eigenvalue weighted by molar-refractivity contribution is 5.99. The minimum Gasteiger partial charge on any atom is -0.362 e. The number of hydrogen-bond donors (Lipinski definition) is 1. The number of amides is 1. The average molecular weight is 331 g/mol. The van der Waals surface area contributed by atoms with Gasteiger partial charge in [-0.2, -0.15) is 23.3 Å². The quantitative estimate of drug-likeness (QED) is 0.665. The van der Waals surface area contributed by atoms with Crippen LogP contribution >= 0.6 is 0 Å². The lowest BCUT2D eigenvalue weighted by molar-refractivity contribution is -0.385. The van der Waals surface area contributed by atoms with E-state index in [1.807, 2.05) is 0 Å². The number of aliphatic hydroxyl groups is 1. The number of benzene rings is 1. The van der Waals surface area contributed by atoms with Gasteiger partial charge in [0.05, 0.1) is 10.5 Å². The molecule has 0 saturated heterocycles. The van der Waals surface area contributed by atoms with Crippen LogP contribution in [-0.2, 0) is 0 Å². The minimum atomic E-state index is -5.13. The number of halogens is 3. The number of carbonyl (C=O) groups is 1. The van der Waals surface area contributed by atoms with Gasteiger partial charge >= 0.3 is 6.18 Å². The van der Waals surface area contributed by atoms with Crippen LogP contribution in [0.15, 0.2) is 23.3 Å². The van der Waals surface area contributed by atoms with Crippen molar-refractivity contribution in [2.75, 3.05) is 0 Å². The summed E-state index contributed by atoms with van der Waals surface area (Å²) < 4.78 is 39.4. The Labute approximate surface area is 128 Å². The van der Waals surface area contributed by atoms with E-state index in [1.165, 1.54) is 19.9 Å². The van der Waals surface area contributed by atoms with Crippen molar-refractivity contribution in [3.05, 3.63) is 39.4 Å². The third kappa shape index (κ3) is 2.65. The summed E-state index contributed by atoms with van der Waals surface area (Å²) in [4.78, 5) is 22.5. The number of hydrazone groups is 1. The molecular weight excluding hydrogens is 319 g/mol. The highest BCUT2D eigenvalue weighted by Crippen LogP contribution is 2.41. The summed E-state index contributed by atoms with van der Waals surface area (Å²) in [6.07, 6.45) is -6.01. The fourth-order valence-corrected chi connectivity index (χ4v) is 2.32. The van der Waals surface area contributed by atoms with Crippen LogP contribution < -0.4 is 0 Å². The molecule has 0 unspecified atom stereocenters. The second kappa shape index (κ2) is 5.30. The van der Waals surface area contributed by atoms with Gasteiger partial charge in [-0.05, 0) is 19.9 Å². The van der Waals surface area contributed by atoms with Crippen molar-refractivity contribution in [2.45, 2.75) is 32.2 Å². The minimum absolute atomic E-state index is 0.0611. The molecule has 124 valence electrons. The van der Waals surface area contributed by atoms with Crippen LogP contribution in [0.25, 0.3) is 0 Å². The van der Waals surface area contributed by atoms with Gasteiger partial charge in [0.15, 0.2) is 0 Å². The Morgan fingerprint density at radius 1 is 1.43 bits per heavy atom. The average Bonchev–Trinajstić information content (AvgIpc) is 2.74. The van der Waals surface area contributed by atoms with Crippen LogP contribution in [0.5, 0.6) is 0 Å². The van der Waals surface area contributed by atoms with Gasteiger partial charge in [0.1, 0.15) is 0 Å². The van der Waals surface area contributed by atoms with Gasteiger partial charge in [0, 0.05) is 23.8 Å². The lowest BCUT2D eigenvalue weighted by Gasteiger charge is -2.32. The lowest BCUT2D eigenvalue weighted by atomic mass is 10.0. The highest BCUT2D eigenvalue weighted by Gasteiger charge is 2.62. The zero-order chi connectivity index (χ0) is 17.6. The fraction of sp³-hybridized carbons (Fsp3) is 0.385. The number of hydrogen-bond acceptors (Lipinski definition) is 5. The number of nitrogens with zero attached hydrogens (tertiary/aromatic N) is 3. The Bertz CT molecular complexity index is 717. The van der Waals surface area contributed by atoms with E-state index in [4.69, 9.17) is 0 Å². The third-order valence-corrected chi connectivity index (χ3v) is 3.50. The lowest BCUT2D eigenvalue weighted by Crippen LogP contribution is -2.56. The first-order valence-corrected chi connectivity index (χ1v) is 6.41. The Morgan fingerprint density at radius 3 is 2.57 bits per heavy atom. The van der Waals surface area contributed by atoms with Crippen LogP contribution in [0.2, 0.25) is 0 Å². The summed E-state index contributed by atoms with van der Waals surface area (Å²) in [5.74, 6) is -1.26. The molecule has 0 aliphatic carbocycles. The first kappa shape index (κ1) is 16.9. The molecule has 0 spiro atoms. The molecule has 0 saturated carbocycles. The Kier molecular flexibility index (Phi) is 3.89. The molecule has 1 aliphatic rings. The largest absolute Gasteiger partial charge is 0.438 e. The molecule has 1 amide bonds. The zero-order valence-corrected chi connectivity index (χ0v) is 12.1. The maximum Gasteiger partial charge on any atom is 0.438 e. The molecule has 1 heterocycles. The number of alkyl halides is 3.